The molecule has 0 saturated carbocycles. The van der Waals surface area contributed by atoms with E-state index >= 15 is 0 Å². The summed E-state index contributed by atoms with van der Waals surface area (Å²) in [5, 5.41) is 4.58. The number of hydrogen-bond donors (Lipinski definition) is 0. The molecule has 8 heteroatoms. The Kier molecular flexibility index (Phi) is 4.50. The van der Waals surface area contributed by atoms with Crippen LogP contribution in [0, 0.1) is 0 Å². The van der Waals surface area contributed by atoms with Gasteiger partial charge in [-0.2, -0.15) is 4.98 Å². The quantitative estimate of drug-likeness (QED) is 0.699. The van der Waals surface area contributed by atoms with E-state index in [0.29, 0.717) is 23.1 Å². The number of fused-ring (bicyclic) bond motifs is 1. The largest absolute Gasteiger partial charge is 0.338 e. The summed E-state index contributed by atoms with van der Waals surface area (Å²) in [6.45, 7) is 5.56. The monoisotopic (exact) mass is 373 g/mol. The van der Waals surface area contributed by atoms with Gasteiger partial charge in [-0.05, 0) is 31.5 Å². The van der Waals surface area contributed by atoms with Crippen molar-refractivity contribution in [2.24, 2.45) is 0 Å². The summed E-state index contributed by atoms with van der Waals surface area (Å²) in [5.41, 5.74) is 1.18. The van der Waals surface area contributed by atoms with Crippen molar-refractivity contribution in [2.45, 2.75) is 45.2 Å². The normalized spacial score (nSPS) is 18.2. The number of hydrogen-bond acceptors (Lipinski definition) is 6. The number of rotatable bonds is 4. The summed E-state index contributed by atoms with van der Waals surface area (Å²) in [7, 11) is 0. The summed E-state index contributed by atoms with van der Waals surface area (Å²) in [6.07, 6.45) is 3.59. The van der Waals surface area contributed by atoms with Crippen LogP contribution in [-0.2, 0) is 6.54 Å². The third kappa shape index (κ3) is 3.24. The average molecular weight is 374 g/mol. The van der Waals surface area contributed by atoms with Crippen LogP contribution in [0.2, 0.25) is 5.02 Å². The maximum atomic E-state index is 12.4. The molecule has 1 aliphatic rings. The van der Waals surface area contributed by atoms with Crippen molar-refractivity contribution < 1.29 is 4.52 Å². The van der Waals surface area contributed by atoms with Crippen LogP contribution in [0.3, 0.4) is 0 Å². The van der Waals surface area contributed by atoms with E-state index in [4.69, 9.17) is 16.1 Å². The van der Waals surface area contributed by atoms with Crippen LogP contribution in [0.25, 0.3) is 5.65 Å². The summed E-state index contributed by atoms with van der Waals surface area (Å²) in [6, 6.07) is 5.12. The highest BCUT2D eigenvalue weighted by atomic mass is 35.5. The minimum atomic E-state index is -0.136. The van der Waals surface area contributed by atoms with Crippen molar-refractivity contribution in [1.82, 2.24) is 24.4 Å². The fourth-order valence-corrected chi connectivity index (χ4v) is 3.49. The lowest BCUT2D eigenvalue weighted by Gasteiger charge is -2.21. The molecule has 0 unspecified atom stereocenters. The van der Waals surface area contributed by atoms with E-state index in [9.17, 15) is 4.79 Å². The second-order valence-corrected chi connectivity index (χ2v) is 7.37. The van der Waals surface area contributed by atoms with Crippen LogP contribution < -0.4 is 5.56 Å². The van der Waals surface area contributed by atoms with E-state index in [-0.39, 0.29) is 17.5 Å². The summed E-state index contributed by atoms with van der Waals surface area (Å²) in [5.74, 6) is 1.61. The van der Waals surface area contributed by atoms with E-state index in [1.807, 2.05) is 13.8 Å². The van der Waals surface area contributed by atoms with Gasteiger partial charge in [0.2, 0.25) is 5.89 Å². The second kappa shape index (κ2) is 6.81. The van der Waals surface area contributed by atoms with Gasteiger partial charge in [0.25, 0.3) is 5.56 Å². The predicted molar refractivity (Wildman–Crippen MR) is 97.2 cm³/mol. The number of nitrogens with zero attached hydrogens (tertiary/aromatic N) is 5. The second-order valence-electron chi connectivity index (χ2n) is 6.94. The third-order valence-electron chi connectivity index (χ3n) is 4.66. The number of pyridine rings is 1. The van der Waals surface area contributed by atoms with Gasteiger partial charge in [-0.3, -0.25) is 14.1 Å². The Morgan fingerprint density at radius 2 is 2.19 bits per heavy atom. The van der Waals surface area contributed by atoms with E-state index < -0.39 is 0 Å². The van der Waals surface area contributed by atoms with Gasteiger partial charge in [0.05, 0.1) is 16.8 Å². The first-order valence-corrected chi connectivity index (χ1v) is 9.14. The van der Waals surface area contributed by atoms with Gasteiger partial charge in [-0.25, -0.2) is 4.98 Å². The van der Waals surface area contributed by atoms with Crippen LogP contribution >= 0.6 is 11.6 Å². The highest BCUT2D eigenvalue weighted by Gasteiger charge is 2.31. The molecule has 1 atom stereocenters. The fourth-order valence-electron chi connectivity index (χ4n) is 3.33. The first kappa shape index (κ1) is 17.2. The number of halogens is 1. The molecule has 136 valence electrons. The predicted octanol–water partition coefficient (Wildman–Crippen LogP) is 3.19. The smallest absolute Gasteiger partial charge is 0.258 e. The van der Waals surface area contributed by atoms with E-state index in [1.54, 1.807) is 24.4 Å². The molecule has 3 aromatic rings. The molecule has 0 aromatic carbocycles. The molecule has 4 heterocycles. The van der Waals surface area contributed by atoms with Crippen molar-refractivity contribution in [3.63, 3.8) is 0 Å². The minimum absolute atomic E-state index is 0.0699. The number of likely N-dealkylation sites (tertiary alicyclic amines) is 1. The fraction of sp³-hybridized carbons (Fsp3) is 0.444. The van der Waals surface area contributed by atoms with Gasteiger partial charge in [0.1, 0.15) is 5.65 Å². The zero-order chi connectivity index (χ0) is 18.3. The van der Waals surface area contributed by atoms with Crippen LogP contribution in [0.5, 0.6) is 0 Å². The van der Waals surface area contributed by atoms with Crippen molar-refractivity contribution >= 4 is 17.2 Å². The first-order chi connectivity index (χ1) is 12.5. The average Bonchev–Trinajstić information content (AvgIpc) is 3.24. The molecule has 7 nitrogen and oxygen atoms in total. The van der Waals surface area contributed by atoms with Gasteiger partial charge >= 0.3 is 0 Å². The van der Waals surface area contributed by atoms with Gasteiger partial charge in [0.15, 0.2) is 5.82 Å². The van der Waals surface area contributed by atoms with E-state index in [0.717, 1.165) is 30.9 Å². The van der Waals surface area contributed by atoms with Crippen LogP contribution in [-0.4, -0.2) is 31.0 Å². The molecule has 0 aliphatic carbocycles. The van der Waals surface area contributed by atoms with Crippen LogP contribution in [0.4, 0.5) is 0 Å². The lowest BCUT2D eigenvalue weighted by atomic mass is 10.2. The molecular formula is C18H20ClN5O2. The molecule has 0 radical (unpaired) electrons. The van der Waals surface area contributed by atoms with Crippen LogP contribution in [0.15, 0.2) is 33.7 Å². The summed E-state index contributed by atoms with van der Waals surface area (Å²) >= 11 is 5.96. The lowest BCUT2D eigenvalue weighted by Crippen LogP contribution is -2.25. The minimum Gasteiger partial charge on any atom is -0.338 e. The Labute approximate surface area is 155 Å². The first-order valence-electron chi connectivity index (χ1n) is 8.76. The Balaban J connectivity index is 1.60. The molecule has 0 bridgehead atoms. The van der Waals surface area contributed by atoms with Crippen molar-refractivity contribution in [3.8, 4) is 0 Å². The third-order valence-corrected chi connectivity index (χ3v) is 4.89. The van der Waals surface area contributed by atoms with Gasteiger partial charge in [0, 0.05) is 24.7 Å². The maximum absolute atomic E-state index is 12.4. The lowest BCUT2D eigenvalue weighted by molar-refractivity contribution is 0.199. The van der Waals surface area contributed by atoms with Crippen LogP contribution in [0.1, 0.15) is 56.1 Å². The Bertz CT molecular complexity index is 997. The molecule has 1 fully saturated rings. The molecule has 0 N–H and O–H groups in total. The zero-order valence-electron chi connectivity index (χ0n) is 14.7. The summed E-state index contributed by atoms with van der Waals surface area (Å²) < 4.78 is 6.94. The van der Waals surface area contributed by atoms with Crippen molar-refractivity contribution in [2.75, 3.05) is 6.54 Å². The maximum Gasteiger partial charge on any atom is 0.258 e. The SMILES string of the molecule is CC(C)c1noc([C@H]2CCCN2Cc2cc(=O)n3cc(Cl)ccc3n2)n1. The van der Waals surface area contributed by atoms with Crippen molar-refractivity contribution in [3.05, 3.63) is 57.2 Å². The molecular weight excluding hydrogens is 354 g/mol. The highest BCUT2D eigenvalue weighted by Crippen LogP contribution is 2.32. The molecule has 1 saturated heterocycles. The van der Waals surface area contributed by atoms with E-state index in [2.05, 4.69) is 20.0 Å². The Hall–Kier alpha value is -2.25. The van der Waals surface area contributed by atoms with Gasteiger partial charge in [-0.15, -0.1) is 0 Å². The van der Waals surface area contributed by atoms with Crippen molar-refractivity contribution in [1.29, 1.82) is 0 Å². The molecule has 3 aromatic heterocycles. The highest BCUT2D eigenvalue weighted by molar-refractivity contribution is 6.30. The Morgan fingerprint density at radius 1 is 1.35 bits per heavy atom. The number of aromatic nitrogens is 4. The van der Waals surface area contributed by atoms with Gasteiger partial charge in [-0.1, -0.05) is 30.6 Å². The molecule has 26 heavy (non-hydrogen) atoms. The Morgan fingerprint density at radius 3 is 2.96 bits per heavy atom. The zero-order valence-corrected chi connectivity index (χ0v) is 15.5. The van der Waals surface area contributed by atoms with Gasteiger partial charge < -0.3 is 4.52 Å². The molecule has 1 aliphatic heterocycles. The summed E-state index contributed by atoms with van der Waals surface area (Å²) in [4.78, 5) is 23.7. The van der Waals surface area contributed by atoms with E-state index in [1.165, 1.54) is 4.40 Å². The molecule has 4 rings (SSSR count). The topological polar surface area (TPSA) is 76.5 Å². The molecule has 0 spiro atoms. The standard InChI is InChI=1S/C18H20ClN5O2/c1-11(2)17-21-18(26-22-17)14-4-3-7-23(14)10-13-8-16(25)24-9-12(19)5-6-15(24)20-13/h5-6,8-9,11,14H,3-4,7,10H2,1-2H3/t14-/m1/s1. The molecule has 0 amide bonds.